The number of nitrogen functional groups attached to an aromatic ring is 1. The number of hydrogen-bond acceptors (Lipinski definition) is 3. The van der Waals surface area contributed by atoms with Crippen molar-refractivity contribution in [2.75, 3.05) is 17.6 Å². The van der Waals surface area contributed by atoms with Gasteiger partial charge in [-0.15, -0.1) is 0 Å². The number of hydrogen-bond donors (Lipinski definition) is 2. The first-order chi connectivity index (χ1) is 6.56. The van der Waals surface area contributed by atoms with Gasteiger partial charge in [0, 0.05) is 11.6 Å². The van der Waals surface area contributed by atoms with E-state index >= 15 is 0 Å². The maximum atomic E-state index is 5.85. The molecule has 1 aromatic rings. The molecule has 5 heteroatoms. The van der Waals surface area contributed by atoms with Crippen LogP contribution >= 0.6 is 11.6 Å². The maximum Gasteiger partial charge on any atom is 0.148 e. The van der Waals surface area contributed by atoms with Gasteiger partial charge >= 0.3 is 0 Å². The highest BCUT2D eigenvalue weighted by Crippen LogP contribution is 2.22. The van der Waals surface area contributed by atoms with E-state index in [2.05, 4.69) is 17.0 Å². The molecule has 0 bridgehead atoms. The molecule has 14 heavy (non-hydrogen) atoms. The minimum atomic E-state index is 0.497. The van der Waals surface area contributed by atoms with Crippen LogP contribution in [0.5, 0.6) is 0 Å². The topological polar surface area (TPSA) is 55.9 Å². The van der Waals surface area contributed by atoms with Crippen molar-refractivity contribution >= 4 is 23.1 Å². The maximum absolute atomic E-state index is 5.85. The molecule has 78 valence electrons. The summed E-state index contributed by atoms with van der Waals surface area (Å²) in [5, 5.41) is 7.91. The average molecular weight is 215 g/mol. The van der Waals surface area contributed by atoms with Gasteiger partial charge < -0.3 is 11.1 Å². The molecule has 0 fully saturated rings. The third-order valence-electron chi connectivity index (χ3n) is 1.92. The fourth-order valence-corrected chi connectivity index (χ4v) is 1.26. The van der Waals surface area contributed by atoms with E-state index in [1.807, 2.05) is 18.5 Å². The SMILES string of the molecule is C=C(Cl)CNc1c(N)c(C)nn1CC. The van der Waals surface area contributed by atoms with Gasteiger partial charge in [0.25, 0.3) is 0 Å². The average Bonchev–Trinajstić information content (AvgIpc) is 2.40. The predicted molar refractivity (Wildman–Crippen MR) is 60.5 cm³/mol. The molecule has 1 aromatic heterocycles. The molecule has 0 amide bonds. The summed E-state index contributed by atoms with van der Waals surface area (Å²) in [4.78, 5) is 0. The van der Waals surface area contributed by atoms with Crippen LogP contribution in [0.3, 0.4) is 0 Å². The van der Waals surface area contributed by atoms with Gasteiger partial charge in [0.05, 0.1) is 17.9 Å². The summed E-state index contributed by atoms with van der Waals surface area (Å²) in [5.74, 6) is 0.812. The summed E-state index contributed by atoms with van der Waals surface area (Å²) in [6.07, 6.45) is 0. The Bertz CT molecular complexity index is 343. The Kier molecular flexibility index (Phi) is 3.41. The van der Waals surface area contributed by atoms with Crippen LogP contribution in [0.25, 0.3) is 0 Å². The predicted octanol–water partition coefficient (Wildman–Crippen LogP) is 1.96. The van der Waals surface area contributed by atoms with E-state index in [0.29, 0.717) is 17.3 Å². The lowest BCUT2D eigenvalue weighted by molar-refractivity contribution is 0.659. The molecule has 0 saturated carbocycles. The number of aromatic nitrogens is 2. The highest BCUT2D eigenvalue weighted by molar-refractivity contribution is 6.29. The lowest BCUT2D eigenvalue weighted by Gasteiger charge is -2.07. The van der Waals surface area contributed by atoms with Crippen molar-refractivity contribution in [3.63, 3.8) is 0 Å². The Morgan fingerprint density at radius 2 is 2.36 bits per heavy atom. The normalized spacial score (nSPS) is 10.2. The quantitative estimate of drug-likeness (QED) is 0.806. The van der Waals surface area contributed by atoms with Crippen LogP contribution < -0.4 is 11.1 Å². The van der Waals surface area contributed by atoms with Crippen molar-refractivity contribution in [1.29, 1.82) is 0 Å². The Hall–Kier alpha value is -1.16. The number of anilines is 2. The van der Waals surface area contributed by atoms with Gasteiger partial charge in [-0.05, 0) is 13.8 Å². The molecule has 0 saturated heterocycles. The molecule has 0 radical (unpaired) electrons. The largest absolute Gasteiger partial charge is 0.394 e. The highest BCUT2D eigenvalue weighted by Gasteiger charge is 2.10. The zero-order valence-corrected chi connectivity index (χ0v) is 9.23. The lowest BCUT2D eigenvalue weighted by Crippen LogP contribution is -2.09. The van der Waals surface area contributed by atoms with Crippen LogP contribution in [0.4, 0.5) is 11.5 Å². The molecule has 4 nitrogen and oxygen atoms in total. The Labute approximate surface area is 88.7 Å². The zero-order valence-electron chi connectivity index (χ0n) is 8.47. The first-order valence-electron chi connectivity index (χ1n) is 4.46. The fourth-order valence-electron chi connectivity index (χ4n) is 1.19. The molecule has 0 aromatic carbocycles. The second kappa shape index (κ2) is 4.37. The minimum absolute atomic E-state index is 0.497. The van der Waals surface area contributed by atoms with Gasteiger partial charge in [0.2, 0.25) is 0 Å². The van der Waals surface area contributed by atoms with E-state index in [0.717, 1.165) is 18.1 Å². The van der Waals surface area contributed by atoms with Gasteiger partial charge in [-0.1, -0.05) is 18.2 Å². The molecular weight excluding hydrogens is 200 g/mol. The first kappa shape index (κ1) is 10.9. The summed E-state index contributed by atoms with van der Waals surface area (Å²) < 4.78 is 1.81. The van der Waals surface area contributed by atoms with E-state index in [1.165, 1.54) is 0 Å². The van der Waals surface area contributed by atoms with Crippen molar-refractivity contribution in [2.45, 2.75) is 20.4 Å². The monoisotopic (exact) mass is 214 g/mol. The summed E-state index contributed by atoms with van der Waals surface area (Å²) in [6, 6.07) is 0. The first-order valence-corrected chi connectivity index (χ1v) is 4.84. The summed E-state index contributed by atoms with van der Waals surface area (Å²) in [5.41, 5.74) is 7.35. The van der Waals surface area contributed by atoms with Gasteiger partial charge in [0.1, 0.15) is 5.82 Å². The number of nitrogens with zero attached hydrogens (tertiary/aromatic N) is 2. The molecule has 0 unspecified atom stereocenters. The van der Waals surface area contributed by atoms with Crippen molar-refractivity contribution in [1.82, 2.24) is 9.78 Å². The van der Waals surface area contributed by atoms with E-state index in [1.54, 1.807) is 0 Å². The van der Waals surface area contributed by atoms with E-state index in [4.69, 9.17) is 17.3 Å². The second-order valence-corrected chi connectivity index (χ2v) is 3.57. The number of nitrogens with two attached hydrogens (primary N) is 1. The van der Waals surface area contributed by atoms with Crippen molar-refractivity contribution in [3.05, 3.63) is 17.3 Å². The van der Waals surface area contributed by atoms with Gasteiger partial charge in [0.15, 0.2) is 0 Å². The van der Waals surface area contributed by atoms with E-state index in [9.17, 15) is 0 Å². The Balaban J connectivity index is 2.88. The van der Waals surface area contributed by atoms with E-state index < -0.39 is 0 Å². The van der Waals surface area contributed by atoms with Crippen LogP contribution in [0.15, 0.2) is 11.6 Å². The smallest absolute Gasteiger partial charge is 0.148 e. The van der Waals surface area contributed by atoms with Crippen LogP contribution in [0.1, 0.15) is 12.6 Å². The molecule has 3 N–H and O–H groups in total. The van der Waals surface area contributed by atoms with Crippen LogP contribution in [0.2, 0.25) is 0 Å². The fraction of sp³-hybridized carbons (Fsp3) is 0.444. The minimum Gasteiger partial charge on any atom is -0.394 e. The van der Waals surface area contributed by atoms with Crippen LogP contribution in [-0.4, -0.2) is 16.3 Å². The van der Waals surface area contributed by atoms with Crippen LogP contribution in [-0.2, 0) is 6.54 Å². The van der Waals surface area contributed by atoms with Gasteiger partial charge in [-0.2, -0.15) is 5.10 Å². The molecule has 0 aliphatic carbocycles. The third-order valence-corrected chi connectivity index (χ3v) is 2.05. The number of halogens is 1. The van der Waals surface area contributed by atoms with Gasteiger partial charge in [-0.25, -0.2) is 4.68 Å². The molecule has 0 aliphatic heterocycles. The number of aryl methyl sites for hydroxylation is 2. The van der Waals surface area contributed by atoms with Crippen molar-refractivity contribution < 1.29 is 0 Å². The zero-order chi connectivity index (χ0) is 10.7. The van der Waals surface area contributed by atoms with Crippen molar-refractivity contribution in [3.8, 4) is 0 Å². The molecule has 0 atom stereocenters. The molecule has 1 heterocycles. The van der Waals surface area contributed by atoms with Crippen molar-refractivity contribution in [2.24, 2.45) is 0 Å². The molecule has 1 rings (SSSR count). The summed E-state index contributed by atoms with van der Waals surface area (Å²) >= 11 is 5.65. The number of rotatable bonds is 4. The standard InChI is InChI=1S/C9H15ClN4/c1-4-14-9(12-5-6(2)10)8(11)7(3)13-14/h12H,2,4-5,11H2,1,3H3. The molecule has 0 aliphatic rings. The Morgan fingerprint density at radius 1 is 1.71 bits per heavy atom. The van der Waals surface area contributed by atoms with Gasteiger partial charge in [-0.3, -0.25) is 0 Å². The second-order valence-electron chi connectivity index (χ2n) is 3.03. The van der Waals surface area contributed by atoms with Crippen LogP contribution in [0, 0.1) is 6.92 Å². The Morgan fingerprint density at radius 3 is 2.86 bits per heavy atom. The highest BCUT2D eigenvalue weighted by atomic mass is 35.5. The lowest BCUT2D eigenvalue weighted by atomic mass is 10.4. The van der Waals surface area contributed by atoms with E-state index in [-0.39, 0.29) is 0 Å². The molecule has 0 spiro atoms. The summed E-state index contributed by atoms with van der Waals surface area (Å²) in [7, 11) is 0. The third kappa shape index (κ3) is 2.20. The number of nitrogens with one attached hydrogen (secondary N) is 1. The molecular formula is C9H15ClN4. The summed E-state index contributed by atoms with van der Waals surface area (Å²) in [6.45, 7) is 8.75.